The lowest BCUT2D eigenvalue weighted by Gasteiger charge is -2.70. The summed E-state index contributed by atoms with van der Waals surface area (Å²) in [5, 5.41) is 6.02. The molecule has 8 nitrogen and oxygen atoms in total. The molecule has 0 radical (unpaired) electrons. The highest BCUT2D eigenvalue weighted by Gasteiger charge is 2.69. The number of hydrogen-bond acceptors (Lipinski definition) is 8. The van der Waals surface area contributed by atoms with E-state index in [1.54, 1.807) is 7.11 Å². The molecular weight excluding hydrogens is 588 g/mol. The Balaban J connectivity index is 1.29. The first-order chi connectivity index (χ1) is 20.9. The van der Waals surface area contributed by atoms with E-state index in [1.807, 2.05) is 0 Å². The Morgan fingerprint density at radius 2 is 1.69 bits per heavy atom. The van der Waals surface area contributed by atoms with Gasteiger partial charge in [0.05, 0.1) is 23.1 Å². The minimum absolute atomic E-state index is 0.00890. The largest absolute Gasteiger partial charge is 0.469 e. The van der Waals surface area contributed by atoms with Crippen molar-refractivity contribution in [1.82, 2.24) is 5.32 Å². The maximum Gasteiger partial charge on any atom is 0.359 e. The summed E-state index contributed by atoms with van der Waals surface area (Å²) in [7, 11) is 1.56. The van der Waals surface area contributed by atoms with E-state index >= 15 is 0 Å². The normalized spacial score (nSPS) is 43.3. The molecule has 1 aliphatic heterocycles. The highest BCUT2D eigenvalue weighted by Crippen LogP contribution is 2.75. The molecule has 0 bridgehead atoms. The molecule has 1 saturated heterocycles. The highest BCUT2D eigenvalue weighted by atomic mass is 32.2. The van der Waals surface area contributed by atoms with Crippen LogP contribution in [0, 0.1) is 50.2 Å². The lowest BCUT2D eigenvalue weighted by molar-refractivity contribution is -0.181. The molecule has 5 aliphatic carbocycles. The Morgan fingerprint density at radius 1 is 0.978 bits per heavy atom. The molecule has 7 atom stereocenters. The van der Waals surface area contributed by atoms with Crippen molar-refractivity contribution in [3.8, 4) is 0 Å². The number of oxime groups is 1. The van der Waals surface area contributed by atoms with Gasteiger partial charge in [-0.2, -0.15) is 0 Å². The Kier molecular flexibility index (Phi) is 7.62. The smallest absolute Gasteiger partial charge is 0.359 e. The van der Waals surface area contributed by atoms with Crippen LogP contribution >= 0.6 is 11.8 Å². The second-order valence-electron chi connectivity index (χ2n) is 16.9. The summed E-state index contributed by atoms with van der Waals surface area (Å²) in [4.78, 5) is 54.7. The fourth-order valence-electron chi connectivity index (χ4n) is 11.4. The van der Waals surface area contributed by atoms with Gasteiger partial charge in [-0.25, -0.2) is 4.79 Å². The van der Waals surface area contributed by atoms with E-state index in [0.717, 1.165) is 76.0 Å². The van der Waals surface area contributed by atoms with Crippen LogP contribution in [0.2, 0.25) is 0 Å². The van der Waals surface area contributed by atoms with Gasteiger partial charge in [-0.15, -0.1) is 0 Å². The number of thioether (sulfide) groups is 1. The van der Waals surface area contributed by atoms with Crippen LogP contribution in [0.25, 0.3) is 0 Å². The van der Waals surface area contributed by atoms with Gasteiger partial charge < -0.3 is 9.57 Å². The zero-order valence-electron chi connectivity index (χ0n) is 28.3. The monoisotopic (exact) mass is 638 g/mol. The number of rotatable bonds is 3. The van der Waals surface area contributed by atoms with Crippen molar-refractivity contribution in [1.29, 1.82) is 0 Å². The third kappa shape index (κ3) is 4.71. The van der Waals surface area contributed by atoms with Crippen LogP contribution < -0.4 is 5.32 Å². The zero-order chi connectivity index (χ0) is 32.8. The van der Waals surface area contributed by atoms with E-state index < -0.39 is 22.5 Å². The molecular formula is C36H50N2O6S. The fourth-order valence-corrected chi connectivity index (χ4v) is 12.1. The number of nitrogens with zero attached hydrogens (tertiary/aromatic N) is 1. The Morgan fingerprint density at radius 3 is 2.36 bits per heavy atom. The molecule has 0 aromatic carbocycles. The Hall–Kier alpha value is -2.42. The van der Waals surface area contributed by atoms with Crippen molar-refractivity contribution in [2.24, 2.45) is 55.4 Å². The number of carbonyl (C=O) groups is 4. The summed E-state index contributed by atoms with van der Waals surface area (Å²) < 4.78 is 5.51. The van der Waals surface area contributed by atoms with E-state index in [1.165, 1.54) is 5.57 Å². The van der Waals surface area contributed by atoms with Gasteiger partial charge in [0.1, 0.15) is 0 Å². The molecule has 1 heterocycles. The van der Waals surface area contributed by atoms with E-state index in [-0.39, 0.29) is 43.9 Å². The molecule has 2 amide bonds. The van der Waals surface area contributed by atoms with Crippen LogP contribution in [0.5, 0.6) is 0 Å². The first-order valence-corrected chi connectivity index (χ1v) is 17.6. The van der Waals surface area contributed by atoms with E-state index in [0.29, 0.717) is 23.6 Å². The summed E-state index contributed by atoms with van der Waals surface area (Å²) in [6.45, 7) is 16.8. The van der Waals surface area contributed by atoms with E-state index in [4.69, 9.17) is 9.57 Å². The molecule has 0 aromatic heterocycles. The molecule has 1 N–H and O–H groups in total. The molecule has 0 unspecified atom stereocenters. The van der Waals surface area contributed by atoms with Gasteiger partial charge in [0, 0.05) is 11.5 Å². The highest BCUT2D eigenvalue weighted by molar-refractivity contribution is 8.18. The van der Waals surface area contributed by atoms with Crippen LogP contribution in [0.3, 0.4) is 0 Å². The number of ether oxygens (including phenoxy) is 1. The van der Waals surface area contributed by atoms with Crippen molar-refractivity contribution in [3.63, 3.8) is 0 Å². The third-order valence-corrected chi connectivity index (χ3v) is 15.0. The molecule has 45 heavy (non-hydrogen) atoms. The quantitative estimate of drug-likeness (QED) is 0.111. The number of esters is 1. The predicted octanol–water partition coefficient (Wildman–Crippen LogP) is 7.73. The van der Waals surface area contributed by atoms with Gasteiger partial charge in [0.15, 0.2) is 0 Å². The summed E-state index contributed by atoms with van der Waals surface area (Å²) in [5.41, 5.74) is 2.13. The predicted molar refractivity (Wildman–Crippen MR) is 174 cm³/mol. The van der Waals surface area contributed by atoms with E-state index in [2.05, 4.69) is 65.0 Å². The number of amides is 2. The molecule has 0 aromatic rings. The molecule has 6 aliphatic rings. The molecule has 5 fully saturated rings. The number of fused-ring (bicyclic) bond motifs is 7. The maximum atomic E-state index is 13.5. The number of allylic oxidation sites excluding steroid dienone is 2. The standard InChI is InChI=1S/C36H50N2O6S/c1-31(2)15-17-36(29(41)43-8)18-16-34(6)21(22(36)20-31)9-10-25-33(5)13-12-26(32(3,4)24(33)11-14-35(25,34)7)38-44-27(39)19-23-28(40)37-30(42)45-23/h9,19,22,24-25H,10-18,20H2,1-8H3,(H,37,40,42)/b23-19-,38-26-/t22-,24-,25+,33-,34+,35+,36-/m0/s1. The summed E-state index contributed by atoms with van der Waals surface area (Å²) >= 11 is 0.688. The van der Waals surface area contributed by atoms with Crippen molar-refractivity contribution in [2.75, 3.05) is 7.11 Å². The molecule has 6 rings (SSSR count). The van der Waals surface area contributed by atoms with E-state index in [9.17, 15) is 19.2 Å². The number of carbonyl (C=O) groups excluding carboxylic acids is 4. The second-order valence-corrected chi connectivity index (χ2v) is 17.9. The van der Waals surface area contributed by atoms with Crippen molar-refractivity contribution in [2.45, 2.75) is 113 Å². The Bertz CT molecular complexity index is 1440. The van der Waals surface area contributed by atoms with Gasteiger partial charge in [0.25, 0.3) is 11.1 Å². The van der Waals surface area contributed by atoms with Gasteiger partial charge in [-0.05, 0) is 115 Å². The summed E-state index contributed by atoms with van der Waals surface area (Å²) in [6, 6.07) is 0. The van der Waals surface area contributed by atoms with Gasteiger partial charge in [-0.1, -0.05) is 65.3 Å². The van der Waals surface area contributed by atoms with Crippen molar-refractivity contribution >= 4 is 40.6 Å². The number of nitrogens with one attached hydrogen (secondary N) is 1. The number of imide groups is 1. The summed E-state index contributed by atoms with van der Waals surface area (Å²) in [6.07, 6.45) is 13.4. The van der Waals surface area contributed by atoms with Crippen LogP contribution in [0.4, 0.5) is 4.79 Å². The van der Waals surface area contributed by atoms with Crippen LogP contribution in [-0.2, 0) is 24.0 Å². The number of methoxy groups -OCH3 is 1. The average molecular weight is 639 g/mol. The van der Waals surface area contributed by atoms with Crippen molar-refractivity contribution in [3.05, 3.63) is 22.6 Å². The van der Waals surface area contributed by atoms with Crippen LogP contribution in [0.1, 0.15) is 113 Å². The van der Waals surface area contributed by atoms with Crippen LogP contribution in [0.15, 0.2) is 27.8 Å². The maximum absolute atomic E-state index is 13.5. The first-order valence-electron chi connectivity index (χ1n) is 16.8. The number of hydrogen-bond donors (Lipinski definition) is 1. The van der Waals surface area contributed by atoms with Gasteiger partial charge in [-0.3, -0.25) is 19.7 Å². The molecule has 246 valence electrons. The average Bonchev–Trinajstić information content (AvgIpc) is 3.27. The van der Waals surface area contributed by atoms with Gasteiger partial charge >= 0.3 is 11.9 Å². The van der Waals surface area contributed by atoms with Crippen molar-refractivity contribution < 1.29 is 28.8 Å². The summed E-state index contributed by atoms with van der Waals surface area (Å²) in [5.74, 6) is -0.263. The lowest BCUT2D eigenvalue weighted by atomic mass is 9.33. The molecule has 9 heteroatoms. The fraction of sp³-hybridized carbons (Fsp3) is 0.750. The SMILES string of the molecule is COC(=O)[C@]12CCC(C)(C)C[C@H]1C1=CC[C@@H]3[C@@]4(C)CC/C(=N/OC(=O)/C=C5\SC(=O)NC5=O)C(C)(C)[C@@H]4CC[C@@]3(C)[C@]1(C)CC2. The first kappa shape index (κ1) is 32.5. The topological polar surface area (TPSA) is 111 Å². The third-order valence-electron chi connectivity index (χ3n) is 14.1. The second kappa shape index (κ2) is 10.5. The lowest BCUT2D eigenvalue weighted by Crippen LogP contribution is -2.64. The molecule has 0 spiro atoms. The molecule has 4 saturated carbocycles. The minimum atomic E-state index is -0.751. The van der Waals surface area contributed by atoms with Crippen LogP contribution in [-0.4, -0.2) is 35.9 Å². The minimum Gasteiger partial charge on any atom is -0.469 e. The van der Waals surface area contributed by atoms with Gasteiger partial charge in [0.2, 0.25) is 0 Å². The Labute approximate surface area is 271 Å². The zero-order valence-corrected chi connectivity index (χ0v) is 29.1.